The Balaban J connectivity index is 1.26. The summed E-state index contributed by atoms with van der Waals surface area (Å²) in [7, 11) is 0. The lowest BCUT2D eigenvalue weighted by Crippen LogP contribution is -2.20. The molecule has 0 radical (unpaired) electrons. The van der Waals surface area contributed by atoms with E-state index in [0.717, 1.165) is 12.8 Å². The van der Waals surface area contributed by atoms with Gasteiger partial charge in [0.2, 0.25) is 0 Å². The van der Waals surface area contributed by atoms with Crippen molar-refractivity contribution < 1.29 is 0 Å². The smallest absolute Gasteiger partial charge is 0.0349 e. The fourth-order valence-corrected chi connectivity index (χ4v) is 8.18. The van der Waals surface area contributed by atoms with E-state index in [9.17, 15) is 0 Å². The topological polar surface area (TPSA) is 25.8 Å². The summed E-state index contributed by atoms with van der Waals surface area (Å²) in [5.41, 5.74) is 11.7. The van der Waals surface area contributed by atoms with E-state index < -0.39 is 0 Å². The van der Waals surface area contributed by atoms with Crippen molar-refractivity contribution in [2.24, 2.45) is 5.92 Å². The molecule has 7 aromatic rings. The highest BCUT2D eigenvalue weighted by Gasteiger charge is 2.33. The highest BCUT2D eigenvalue weighted by molar-refractivity contribution is 6.20. The average molecular weight is 603 g/mol. The molecule has 2 nitrogen and oxygen atoms in total. The standard InChI is InChI=1S/C45H34N2/c1-29-16-17-32-27-33(19-18-31(32)26-29)44-39-8-2-4-10-41(39)45(42-11-5-3-9-40(42)44)38-15-7-13-34-35(12-6-14-36(34)38)37-22-25-47-28-43(37)30-20-23-46-24-21-30/h2-11,14-28,34-35H,12-13H2,1H3. The Bertz CT molecular complexity index is 2370. The minimum absolute atomic E-state index is 0.360. The molecule has 2 aliphatic rings. The first-order valence-corrected chi connectivity index (χ1v) is 16.6. The summed E-state index contributed by atoms with van der Waals surface area (Å²) in [5, 5.41) is 7.74. The van der Waals surface area contributed by atoms with Gasteiger partial charge in [-0.1, -0.05) is 109 Å². The predicted octanol–water partition coefficient (Wildman–Crippen LogP) is 11.7. The number of hydrogen-bond acceptors (Lipinski definition) is 2. The van der Waals surface area contributed by atoms with Crippen LogP contribution in [0.3, 0.4) is 0 Å². The Morgan fingerprint density at radius 3 is 1.96 bits per heavy atom. The van der Waals surface area contributed by atoms with Crippen molar-refractivity contribution in [1.29, 1.82) is 0 Å². The molecule has 47 heavy (non-hydrogen) atoms. The number of pyridine rings is 2. The van der Waals surface area contributed by atoms with Gasteiger partial charge >= 0.3 is 0 Å². The van der Waals surface area contributed by atoms with Crippen LogP contribution in [0.25, 0.3) is 60.1 Å². The maximum Gasteiger partial charge on any atom is 0.0349 e. The monoisotopic (exact) mass is 602 g/mol. The van der Waals surface area contributed by atoms with Crippen LogP contribution in [-0.2, 0) is 0 Å². The summed E-state index contributed by atoms with van der Waals surface area (Å²) < 4.78 is 0. The molecule has 9 rings (SSSR count). The summed E-state index contributed by atoms with van der Waals surface area (Å²) in [4.78, 5) is 8.81. The maximum atomic E-state index is 4.54. The van der Waals surface area contributed by atoms with Gasteiger partial charge in [-0.3, -0.25) is 9.97 Å². The molecule has 0 bridgehead atoms. The molecule has 0 spiro atoms. The van der Waals surface area contributed by atoms with Crippen LogP contribution >= 0.6 is 0 Å². The van der Waals surface area contributed by atoms with Crippen molar-refractivity contribution >= 4 is 37.9 Å². The van der Waals surface area contributed by atoms with Gasteiger partial charge in [-0.05, 0) is 127 Å². The van der Waals surface area contributed by atoms with Gasteiger partial charge in [-0.25, -0.2) is 0 Å². The third-order valence-electron chi connectivity index (χ3n) is 10.3. The Labute approximate surface area is 275 Å². The second-order valence-electron chi connectivity index (χ2n) is 13.0. The first-order chi connectivity index (χ1) is 23.2. The van der Waals surface area contributed by atoms with E-state index in [1.54, 1.807) is 0 Å². The molecule has 2 heteroatoms. The minimum Gasteiger partial charge on any atom is -0.265 e. The Morgan fingerprint density at radius 2 is 1.19 bits per heavy atom. The van der Waals surface area contributed by atoms with Crippen LogP contribution in [0.15, 0.2) is 158 Å². The third kappa shape index (κ3) is 4.63. The van der Waals surface area contributed by atoms with Gasteiger partial charge in [0, 0.05) is 30.4 Å². The Morgan fingerprint density at radius 1 is 0.553 bits per heavy atom. The molecule has 2 atom stereocenters. The van der Waals surface area contributed by atoms with Crippen molar-refractivity contribution in [2.45, 2.75) is 25.7 Å². The molecule has 0 aliphatic heterocycles. The number of aryl methyl sites for hydroxylation is 1. The SMILES string of the molecule is Cc1ccc2cc(-c3c4ccccc4c(C4=C5C=CCC(c6ccncc6-c6ccncc6)C5CC=C4)c4ccccc34)ccc2c1. The zero-order valence-electron chi connectivity index (χ0n) is 26.4. The van der Waals surface area contributed by atoms with Gasteiger partial charge in [-0.2, -0.15) is 0 Å². The van der Waals surface area contributed by atoms with E-state index in [2.05, 4.69) is 144 Å². The summed E-state index contributed by atoms with van der Waals surface area (Å²) >= 11 is 0. The van der Waals surface area contributed by atoms with Crippen LogP contribution in [0.5, 0.6) is 0 Å². The largest absolute Gasteiger partial charge is 0.265 e. The molecule has 2 aliphatic carbocycles. The number of hydrogen-bond donors (Lipinski definition) is 0. The van der Waals surface area contributed by atoms with E-state index >= 15 is 0 Å². The Kier molecular flexibility index (Phi) is 6.67. The van der Waals surface area contributed by atoms with Crippen molar-refractivity contribution in [1.82, 2.24) is 9.97 Å². The molecule has 0 amide bonds. The molecule has 5 aromatic carbocycles. The van der Waals surface area contributed by atoms with Crippen molar-refractivity contribution in [3.63, 3.8) is 0 Å². The second kappa shape index (κ2) is 11.3. The molecule has 2 aromatic heterocycles. The van der Waals surface area contributed by atoms with Crippen LogP contribution in [0.1, 0.15) is 35.4 Å². The van der Waals surface area contributed by atoms with Gasteiger partial charge in [-0.15, -0.1) is 0 Å². The molecule has 0 saturated heterocycles. The van der Waals surface area contributed by atoms with Crippen LogP contribution in [-0.4, -0.2) is 9.97 Å². The molecular weight excluding hydrogens is 569 g/mol. The summed E-state index contributed by atoms with van der Waals surface area (Å²) in [6.45, 7) is 2.16. The zero-order valence-corrected chi connectivity index (χ0v) is 26.4. The third-order valence-corrected chi connectivity index (χ3v) is 10.3. The molecule has 0 saturated carbocycles. The van der Waals surface area contributed by atoms with Crippen LogP contribution in [0.2, 0.25) is 0 Å². The van der Waals surface area contributed by atoms with Gasteiger partial charge in [0.05, 0.1) is 0 Å². The average Bonchev–Trinajstić information content (AvgIpc) is 3.13. The minimum atomic E-state index is 0.360. The fraction of sp³-hybridized carbons (Fsp3) is 0.111. The van der Waals surface area contributed by atoms with Gasteiger partial charge in [0.15, 0.2) is 0 Å². The molecule has 2 unspecified atom stereocenters. The maximum absolute atomic E-state index is 4.54. The van der Waals surface area contributed by atoms with Crippen molar-refractivity contribution in [3.8, 4) is 22.3 Å². The van der Waals surface area contributed by atoms with Gasteiger partial charge in [0.1, 0.15) is 0 Å². The zero-order chi connectivity index (χ0) is 31.3. The number of allylic oxidation sites excluding steroid dienone is 6. The molecule has 0 fully saturated rings. The highest BCUT2D eigenvalue weighted by Crippen LogP contribution is 2.50. The molecule has 0 N–H and O–H groups in total. The van der Waals surface area contributed by atoms with Gasteiger partial charge in [0.25, 0.3) is 0 Å². The lowest BCUT2D eigenvalue weighted by molar-refractivity contribution is 0.485. The summed E-state index contributed by atoms with van der Waals surface area (Å²) in [6, 6.07) is 38.1. The number of nitrogens with zero attached hydrogens (tertiary/aromatic N) is 2. The first-order valence-electron chi connectivity index (χ1n) is 16.6. The van der Waals surface area contributed by atoms with E-state index in [1.807, 2.05) is 24.8 Å². The number of rotatable bonds is 4. The number of benzene rings is 5. The quantitative estimate of drug-likeness (QED) is 0.187. The lowest BCUT2D eigenvalue weighted by Gasteiger charge is -2.35. The number of aromatic nitrogens is 2. The van der Waals surface area contributed by atoms with Crippen LogP contribution < -0.4 is 0 Å². The van der Waals surface area contributed by atoms with E-state index in [4.69, 9.17) is 0 Å². The molecular formula is C45H34N2. The van der Waals surface area contributed by atoms with E-state index in [0.29, 0.717) is 11.8 Å². The molecule has 2 heterocycles. The van der Waals surface area contributed by atoms with Crippen molar-refractivity contribution in [3.05, 3.63) is 174 Å². The fourth-order valence-electron chi connectivity index (χ4n) is 8.18. The summed E-state index contributed by atoms with van der Waals surface area (Å²) in [6.07, 6.45) is 19.4. The predicted molar refractivity (Wildman–Crippen MR) is 197 cm³/mol. The van der Waals surface area contributed by atoms with E-state index in [-0.39, 0.29) is 0 Å². The first kappa shape index (κ1) is 27.7. The van der Waals surface area contributed by atoms with Crippen molar-refractivity contribution in [2.75, 3.05) is 0 Å². The normalized spacial score (nSPS) is 17.5. The Hall–Kier alpha value is -5.60. The van der Waals surface area contributed by atoms with Gasteiger partial charge < -0.3 is 0 Å². The van der Waals surface area contributed by atoms with Crippen LogP contribution in [0, 0.1) is 12.8 Å². The van der Waals surface area contributed by atoms with Crippen LogP contribution in [0.4, 0.5) is 0 Å². The second-order valence-corrected chi connectivity index (χ2v) is 13.0. The van der Waals surface area contributed by atoms with E-state index in [1.165, 1.54) is 82.4 Å². The highest BCUT2D eigenvalue weighted by atomic mass is 14.6. The molecule has 224 valence electrons. The summed E-state index contributed by atoms with van der Waals surface area (Å²) in [5.74, 6) is 0.739. The lowest BCUT2D eigenvalue weighted by atomic mass is 9.68. The number of fused-ring (bicyclic) bond motifs is 4.